The lowest BCUT2D eigenvalue weighted by atomic mass is 10.1. The quantitative estimate of drug-likeness (QED) is 0.879. The molecule has 26 heavy (non-hydrogen) atoms. The highest BCUT2D eigenvalue weighted by Crippen LogP contribution is 2.26. The molecule has 1 fully saturated rings. The third-order valence-electron chi connectivity index (χ3n) is 4.36. The van der Waals surface area contributed by atoms with Gasteiger partial charge in [-0.2, -0.15) is 0 Å². The van der Waals surface area contributed by atoms with Crippen molar-refractivity contribution in [3.05, 3.63) is 45.9 Å². The van der Waals surface area contributed by atoms with E-state index < -0.39 is 0 Å². The number of aryl methyl sites for hydroxylation is 1. The van der Waals surface area contributed by atoms with Crippen molar-refractivity contribution in [1.82, 2.24) is 14.9 Å². The fourth-order valence-electron chi connectivity index (χ4n) is 2.98. The van der Waals surface area contributed by atoms with Crippen LogP contribution >= 0.6 is 0 Å². The Labute approximate surface area is 151 Å². The minimum absolute atomic E-state index is 0.0881. The normalized spacial score (nSPS) is 14.3. The Morgan fingerprint density at radius 2 is 1.85 bits per heavy atom. The summed E-state index contributed by atoms with van der Waals surface area (Å²) in [6, 6.07) is 6.61. The van der Waals surface area contributed by atoms with Gasteiger partial charge in [0, 0.05) is 44.0 Å². The number of hydrogen-bond donors (Lipinski definition) is 1. The molecular weight excluding hydrogens is 336 g/mol. The maximum absolute atomic E-state index is 12.8. The molecule has 2 heterocycles. The molecule has 0 radical (unpaired) electrons. The van der Waals surface area contributed by atoms with E-state index in [0.717, 1.165) is 0 Å². The molecule has 0 bridgehead atoms. The molecule has 0 spiro atoms. The molecule has 0 unspecified atom stereocenters. The van der Waals surface area contributed by atoms with Crippen LogP contribution < -0.4 is 19.9 Å². The van der Waals surface area contributed by atoms with Gasteiger partial charge in [-0.15, -0.1) is 0 Å². The Hall–Kier alpha value is -3.03. The fraction of sp³-hybridized carbons (Fsp3) is 0.389. The molecule has 1 aromatic carbocycles. The van der Waals surface area contributed by atoms with Crippen LogP contribution in [0.1, 0.15) is 16.1 Å². The lowest BCUT2D eigenvalue weighted by molar-refractivity contribution is 0.0742. The first-order valence-corrected chi connectivity index (χ1v) is 8.36. The summed E-state index contributed by atoms with van der Waals surface area (Å²) >= 11 is 0. The molecule has 1 aliphatic heterocycles. The van der Waals surface area contributed by atoms with E-state index in [-0.39, 0.29) is 11.5 Å². The smallest absolute Gasteiger partial charge is 0.257 e. The Morgan fingerprint density at radius 3 is 2.46 bits per heavy atom. The van der Waals surface area contributed by atoms with E-state index in [1.807, 2.05) is 4.90 Å². The summed E-state index contributed by atoms with van der Waals surface area (Å²) in [7, 11) is 3.10. The van der Waals surface area contributed by atoms with Gasteiger partial charge in [-0.25, -0.2) is 4.98 Å². The number of nitrogens with one attached hydrogen (secondary N) is 1. The van der Waals surface area contributed by atoms with E-state index in [2.05, 4.69) is 9.97 Å². The van der Waals surface area contributed by atoms with Gasteiger partial charge in [0.1, 0.15) is 11.5 Å². The standard InChI is InChI=1S/C18H22N4O4/c1-12-10-16(23)20-18(19-12)22-8-6-21(7-9-22)17(24)14-5-4-13(25-2)11-15(14)26-3/h4-5,10-11H,6-9H2,1-3H3,(H,19,20,23). The monoisotopic (exact) mass is 358 g/mol. The molecule has 3 rings (SSSR count). The highest BCUT2D eigenvalue weighted by molar-refractivity contribution is 5.97. The summed E-state index contributed by atoms with van der Waals surface area (Å²) in [5.41, 5.74) is 1.00. The van der Waals surface area contributed by atoms with E-state index in [1.54, 1.807) is 37.1 Å². The van der Waals surface area contributed by atoms with E-state index in [4.69, 9.17) is 9.47 Å². The van der Waals surface area contributed by atoms with Gasteiger partial charge in [0.25, 0.3) is 11.5 Å². The Bertz CT molecular complexity index is 857. The number of aromatic nitrogens is 2. The van der Waals surface area contributed by atoms with Crippen molar-refractivity contribution in [2.75, 3.05) is 45.3 Å². The number of ether oxygens (including phenoxy) is 2. The van der Waals surface area contributed by atoms with Crippen molar-refractivity contribution >= 4 is 11.9 Å². The first kappa shape index (κ1) is 17.8. The molecule has 1 saturated heterocycles. The zero-order chi connectivity index (χ0) is 18.7. The van der Waals surface area contributed by atoms with Crippen LogP contribution in [0.3, 0.4) is 0 Å². The van der Waals surface area contributed by atoms with Gasteiger partial charge >= 0.3 is 0 Å². The average molecular weight is 358 g/mol. The Morgan fingerprint density at radius 1 is 1.12 bits per heavy atom. The second-order valence-corrected chi connectivity index (χ2v) is 6.06. The maximum atomic E-state index is 12.8. The summed E-state index contributed by atoms with van der Waals surface area (Å²) in [6.45, 7) is 4.04. The first-order valence-electron chi connectivity index (χ1n) is 8.36. The number of anilines is 1. The van der Waals surface area contributed by atoms with Gasteiger partial charge in [0.05, 0.1) is 19.8 Å². The third-order valence-corrected chi connectivity index (χ3v) is 4.36. The highest BCUT2D eigenvalue weighted by atomic mass is 16.5. The fourth-order valence-corrected chi connectivity index (χ4v) is 2.98. The van der Waals surface area contributed by atoms with Crippen molar-refractivity contribution in [2.24, 2.45) is 0 Å². The number of amides is 1. The maximum Gasteiger partial charge on any atom is 0.257 e. The van der Waals surface area contributed by atoms with Gasteiger partial charge < -0.3 is 19.3 Å². The van der Waals surface area contributed by atoms with Crippen LogP contribution in [0.4, 0.5) is 5.95 Å². The number of methoxy groups -OCH3 is 2. The number of aromatic amines is 1. The number of benzene rings is 1. The molecule has 1 amide bonds. The SMILES string of the molecule is COc1ccc(C(=O)N2CCN(c3nc(C)cc(=O)[nH]3)CC2)c(OC)c1. The molecule has 138 valence electrons. The minimum Gasteiger partial charge on any atom is -0.497 e. The summed E-state index contributed by atoms with van der Waals surface area (Å²) in [5, 5.41) is 0. The van der Waals surface area contributed by atoms with Gasteiger partial charge in [-0.3, -0.25) is 14.6 Å². The van der Waals surface area contributed by atoms with Crippen LogP contribution in [0.25, 0.3) is 0 Å². The number of carbonyl (C=O) groups is 1. The molecule has 0 saturated carbocycles. The molecule has 0 atom stereocenters. The van der Waals surface area contributed by atoms with Crippen LogP contribution in [-0.4, -0.2) is 61.2 Å². The average Bonchev–Trinajstić information content (AvgIpc) is 2.66. The van der Waals surface area contributed by atoms with E-state index >= 15 is 0 Å². The zero-order valence-electron chi connectivity index (χ0n) is 15.1. The topological polar surface area (TPSA) is 87.8 Å². The number of piperazine rings is 1. The van der Waals surface area contributed by atoms with Crippen molar-refractivity contribution in [1.29, 1.82) is 0 Å². The van der Waals surface area contributed by atoms with Crippen molar-refractivity contribution in [3.63, 3.8) is 0 Å². The van der Waals surface area contributed by atoms with E-state index in [0.29, 0.717) is 54.9 Å². The van der Waals surface area contributed by atoms with Crippen molar-refractivity contribution < 1.29 is 14.3 Å². The van der Waals surface area contributed by atoms with Gasteiger partial charge in [-0.1, -0.05) is 0 Å². The second kappa shape index (κ2) is 7.47. The summed E-state index contributed by atoms with van der Waals surface area (Å²) in [5.74, 6) is 1.58. The number of rotatable bonds is 4. The zero-order valence-corrected chi connectivity index (χ0v) is 15.1. The predicted octanol–water partition coefficient (Wildman–Crippen LogP) is 1.06. The lowest BCUT2D eigenvalue weighted by Gasteiger charge is -2.35. The second-order valence-electron chi connectivity index (χ2n) is 6.06. The third kappa shape index (κ3) is 3.63. The molecular formula is C18H22N4O4. The molecule has 1 aromatic heterocycles. The summed E-state index contributed by atoms with van der Waals surface area (Å²) < 4.78 is 10.5. The molecule has 8 nitrogen and oxygen atoms in total. The van der Waals surface area contributed by atoms with Gasteiger partial charge in [0.15, 0.2) is 0 Å². The van der Waals surface area contributed by atoms with Crippen molar-refractivity contribution in [2.45, 2.75) is 6.92 Å². The lowest BCUT2D eigenvalue weighted by Crippen LogP contribution is -2.49. The summed E-state index contributed by atoms with van der Waals surface area (Å²) in [6.07, 6.45) is 0. The van der Waals surface area contributed by atoms with Gasteiger partial charge in [-0.05, 0) is 19.1 Å². The van der Waals surface area contributed by atoms with E-state index in [1.165, 1.54) is 13.2 Å². The van der Waals surface area contributed by atoms with Crippen LogP contribution in [0, 0.1) is 6.92 Å². The van der Waals surface area contributed by atoms with E-state index in [9.17, 15) is 9.59 Å². The largest absolute Gasteiger partial charge is 0.497 e. The summed E-state index contributed by atoms with van der Waals surface area (Å²) in [4.78, 5) is 35.3. The number of nitrogens with zero attached hydrogens (tertiary/aromatic N) is 3. The predicted molar refractivity (Wildman–Crippen MR) is 97.3 cm³/mol. The molecule has 0 aliphatic carbocycles. The van der Waals surface area contributed by atoms with Gasteiger partial charge in [0.2, 0.25) is 5.95 Å². The van der Waals surface area contributed by atoms with Crippen molar-refractivity contribution in [3.8, 4) is 11.5 Å². The van der Waals surface area contributed by atoms with Crippen LogP contribution in [0.2, 0.25) is 0 Å². The molecule has 1 aliphatic rings. The molecule has 2 aromatic rings. The highest BCUT2D eigenvalue weighted by Gasteiger charge is 2.25. The van der Waals surface area contributed by atoms with Crippen LogP contribution in [0.5, 0.6) is 11.5 Å². The minimum atomic E-state index is -0.172. The molecule has 1 N–H and O–H groups in total. The first-order chi connectivity index (χ1) is 12.5. The Balaban J connectivity index is 1.71. The number of H-pyrrole nitrogens is 1. The Kier molecular flexibility index (Phi) is 5.11. The molecule has 8 heteroatoms. The number of hydrogen-bond acceptors (Lipinski definition) is 6. The van der Waals surface area contributed by atoms with Crippen LogP contribution in [0.15, 0.2) is 29.1 Å². The number of carbonyl (C=O) groups excluding carboxylic acids is 1. The van der Waals surface area contributed by atoms with Crippen LogP contribution in [-0.2, 0) is 0 Å².